The Morgan fingerprint density at radius 3 is 2.83 bits per heavy atom. The molecule has 4 nitrogen and oxygen atoms in total. The third-order valence-electron chi connectivity index (χ3n) is 2.94. The summed E-state index contributed by atoms with van der Waals surface area (Å²) in [4.78, 5) is 9.98. The second kappa shape index (κ2) is 5.63. The largest absolute Gasteiger partial charge is 0.391 e. The summed E-state index contributed by atoms with van der Waals surface area (Å²) in [6.07, 6.45) is 0.452. The molecule has 1 unspecified atom stereocenters. The zero-order valence-electron chi connectivity index (χ0n) is 11.0. The number of nitrogens with zero attached hydrogens (tertiary/aromatic N) is 2. The first-order valence-electron chi connectivity index (χ1n) is 6.27. The van der Waals surface area contributed by atoms with Crippen LogP contribution in [0.3, 0.4) is 0 Å². The molecule has 2 N–H and O–H groups in total. The van der Waals surface area contributed by atoms with Crippen LogP contribution in [-0.4, -0.2) is 27.7 Å². The second-order valence-corrected chi connectivity index (χ2v) is 5.57. The zero-order chi connectivity index (χ0) is 13.1. The van der Waals surface area contributed by atoms with Crippen LogP contribution in [0.2, 0.25) is 0 Å². The fraction of sp³-hybridized carbons (Fsp3) is 0.538. The maximum Gasteiger partial charge on any atom is 0.138 e. The Balaban J connectivity index is 2.23. The number of aliphatic hydroxyl groups excluding tert-OH is 1. The van der Waals surface area contributed by atoms with Crippen LogP contribution in [0.5, 0.6) is 0 Å². The standard InChI is InChI=1S/C13H19N3OS/c1-4-11-15-12(14-7-10(17)8(2)3)9-5-6-18-13(9)16-11/h5-6,8,10,17H,4,7H2,1-3H3,(H,14,15,16). The van der Waals surface area contributed by atoms with Crippen molar-refractivity contribution in [2.75, 3.05) is 11.9 Å². The first-order valence-corrected chi connectivity index (χ1v) is 7.15. The minimum absolute atomic E-state index is 0.239. The van der Waals surface area contributed by atoms with E-state index < -0.39 is 0 Å². The Bertz CT molecular complexity index is 524. The normalized spacial score (nSPS) is 13.2. The van der Waals surface area contributed by atoms with E-state index in [1.54, 1.807) is 11.3 Å². The number of aromatic nitrogens is 2. The molecule has 5 heteroatoms. The van der Waals surface area contributed by atoms with E-state index in [9.17, 15) is 5.11 Å². The highest BCUT2D eigenvalue weighted by atomic mass is 32.1. The van der Waals surface area contributed by atoms with E-state index in [0.29, 0.717) is 6.54 Å². The number of aryl methyl sites for hydroxylation is 1. The molecule has 0 radical (unpaired) electrons. The molecular weight excluding hydrogens is 246 g/mol. The fourth-order valence-corrected chi connectivity index (χ4v) is 2.41. The van der Waals surface area contributed by atoms with Gasteiger partial charge < -0.3 is 10.4 Å². The highest BCUT2D eigenvalue weighted by molar-refractivity contribution is 7.16. The van der Waals surface area contributed by atoms with Gasteiger partial charge in [0.2, 0.25) is 0 Å². The van der Waals surface area contributed by atoms with Gasteiger partial charge in [0.25, 0.3) is 0 Å². The van der Waals surface area contributed by atoms with E-state index >= 15 is 0 Å². The van der Waals surface area contributed by atoms with Gasteiger partial charge in [0.15, 0.2) is 0 Å². The van der Waals surface area contributed by atoms with Gasteiger partial charge in [0, 0.05) is 13.0 Å². The van der Waals surface area contributed by atoms with E-state index in [2.05, 4.69) is 15.3 Å². The van der Waals surface area contributed by atoms with E-state index in [1.807, 2.05) is 32.2 Å². The van der Waals surface area contributed by atoms with Crippen molar-refractivity contribution in [2.24, 2.45) is 5.92 Å². The van der Waals surface area contributed by atoms with Gasteiger partial charge in [0.1, 0.15) is 16.5 Å². The Kier molecular flexibility index (Phi) is 4.14. The van der Waals surface area contributed by atoms with Crippen molar-refractivity contribution in [1.82, 2.24) is 9.97 Å². The third-order valence-corrected chi connectivity index (χ3v) is 3.74. The van der Waals surface area contributed by atoms with Crippen LogP contribution in [0.4, 0.5) is 5.82 Å². The van der Waals surface area contributed by atoms with Gasteiger partial charge in [-0.2, -0.15) is 0 Å². The van der Waals surface area contributed by atoms with Gasteiger partial charge in [-0.25, -0.2) is 9.97 Å². The lowest BCUT2D eigenvalue weighted by atomic mass is 10.1. The van der Waals surface area contributed by atoms with Crippen LogP contribution in [0.15, 0.2) is 11.4 Å². The lowest BCUT2D eigenvalue weighted by Crippen LogP contribution is -2.25. The predicted octanol–water partition coefficient (Wildman–Crippen LogP) is 2.68. The number of hydrogen-bond acceptors (Lipinski definition) is 5. The Morgan fingerprint density at radius 1 is 1.39 bits per heavy atom. The Labute approximate surface area is 111 Å². The van der Waals surface area contributed by atoms with Gasteiger partial charge in [0.05, 0.1) is 11.5 Å². The molecule has 0 fully saturated rings. The summed E-state index contributed by atoms with van der Waals surface area (Å²) in [5.41, 5.74) is 0. The molecular formula is C13H19N3OS. The first-order chi connectivity index (χ1) is 8.61. The average molecular weight is 265 g/mol. The molecule has 0 amide bonds. The molecule has 98 valence electrons. The van der Waals surface area contributed by atoms with Crippen molar-refractivity contribution < 1.29 is 5.11 Å². The minimum atomic E-state index is -0.362. The smallest absolute Gasteiger partial charge is 0.138 e. The summed E-state index contributed by atoms with van der Waals surface area (Å²) < 4.78 is 0. The SMILES string of the molecule is CCc1nc(NCC(O)C(C)C)c2ccsc2n1. The zero-order valence-corrected chi connectivity index (χ0v) is 11.8. The number of fused-ring (bicyclic) bond motifs is 1. The molecule has 0 aliphatic rings. The highest BCUT2D eigenvalue weighted by Gasteiger charge is 2.12. The molecule has 2 heterocycles. The van der Waals surface area contributed by atoms with Crippen molar-refractivity contribution in [3.63, 3.8) is 0 Å². The molecule has 0 bridgehead atoms. The number of rotatable bonds is 5. The summed E-state index contributed by atoms with van der Waals surface area (Å²) in [5, 5.41) is 16.1. The van der Waals surface area contributed by atoms with Crippen molar-refractivity contribution in [3.8, 4) is 0 Å². The monoisotopic (exact) mass is 265 g/mol. The van der Waals surface area contributed by atoms with E-state index in [0.717, 1.165) is 28.3 Å². The van der Waals surface area contributed by atoms with Crippen LogP contribution in [-0.2, 0) is 6.42 Å². The molecule has 2 rings (SSSR count). The molecule has 0 aliphatic carbocycles. The van der Waals surface area contributed by atoms with E-state index in [4.69, 9.17) is 0 Å². The van der Waals surface area contributed by atoms with Gasteiger partial charge in [-0.05, 0) is 17.4 Å². The summed E-state index contributed by atoms with van der Waals surface area (Å²) in [6.45, 7) is 6.57. The quantitative estimate of drug-likeness (QED) is 0.872. The van der Waals surface area contributed by atoms with Crippen LogP contribution >= 0.6 is 11.3 Å². The van der Waals surface area contributed by atoms with Crippen molar-refractivity contribution in [3.05, 3.63) is 17.3 Å². The number of anilines is 1. The fourth-order valence-electron chi connectivity index (χ4n) is 1.63. The van der Waals surface area contributed by atoms with Crippen LogP contribution in [0, 0.1) is 5.92 Å². The summed E-state index contributed by atoms with van der Waals surface area (Å²) in [5.74, 6) is 1.91. The molecule has 1 atom stereocenters. The lowest BCUT2D eigenvalue weighted by molar-refractivity contribution is 0.138. The van der Waals surface area contributed by atoms with Gasteiger partial charge >= 0.3 is 0 Å². The molecule has 2 aromatic rings. The van der Waals surface area contributed by atoms with Crippen molar-refractivity contribution in [1.29, 1.82) is 0 Å². The van der Waals surface area contributed by atoms with Crippen LogP contribution < -0.4 is 5.32 Å². The van der Waals surface area contributed by atoms with Crippen molar-refractivity contribution >= 4 is 27.4 Å². The highest BCUT2D eigenvalue weighted by Crippen LogP contribution is 2.25. The topological polar surface area (TPSA) is 58.0 Å². The molecule has 0 saturated heterocycles. The van der Waals surface area contributed by atoms with E-state index in [-0.39, 0.29) is 12.0 Å². The van der Waals surface area contributed by atoms with E-state index in [1.165, 1.54) is 0 Å². The summed E-state index contributed by atoms with van der Waals surface area (Å²) in [6, 6.07) is 2.02. The Morgan fingerprint density at radius 2 is 2.17 bits per heavy atom. The third kappa shape index (κ3) is 2.79. The van der Waals surface area contributed by atoms with Gasteiger partial charge in [-0.1, -0.05) is 20.8 Å². The number of hydrogen-bond donors (Lipinski definition) is 2. The number of nitrogens with one attached hydrogen (secondary N) is 1. The maximum absolute atomic E-state index is 9.83. The maximum atomic E-state index is 9.83. The van der Waals surface area contributed by atoms with Crippen LogP contribution in [0.1, 0.15) is 26.6 Å². The number of aliphatic hydroxyl groups is 1. The van der Waals surface area contributed by atoms with Gasteiger partial charge in [-0.3, -0.25) is 0 Å². The predicted molar refractivity (Wildman–Crippen MR) is 76.1 cm³/mol. The molecule has 0 saturated carbocycles. The molecule has 0 spiro atoms. The van der Waals surface area contributed by atoms with Crippen LogP contribution in [0.25, 0.3) is 10.2 Å². The molecule has 18 heavy (non-hydrogen) atoms. The molecule has 0 aromatic carbocycles. The lowest BCUT2D eigenvalue weighted by Gasteiger charge is -2.16. The minimum Gasteiger partial charge on any atom is -0.391 e. The first kappa shape index (κ1) is 13.2. The second-order valence-electron chi connectivity index (χ2n) is 4.67. The molecule has 2 aromatic heterocycles. The molecule has 0 aliphatic heterocycles. The van der Waals surface area contributed by atoms with Crippen molar-refractivity contribution in [2.45, 2.75) is 33.3 Å². The average Bonchev–Trinajstić information content (AvgIpc) is 2.83. The summed E-state index contributed by atoms with van der Waals surface area (Å²) >= 11 is 1.62. The summed E-state index contributed by atoms with van der Waals surface area (Å²) in [7, 11) is 0. The van der Waals surface area contributed by atoms with Gasteiger partial charge in [-0.15, -0.1) is 11.3 Å². The Hall–Kier alpha value is -1.20. The number of thiophene rings is 1.